The molecule has 1 aliphatic heterocycles. The molecule has 3 nitrogen and oxygen atoms in total. The molecule has 2 heterocycles. The van der Waals surface area contributed by atoms with E-state index in [9.17, 15) is 4.79 Å². The maximum Gasteiger partial charge on any atom is 0.241 e. The van der Waals surface area contributed by atoms with E-state index in [2.05, 4.69) is 48.5 Å². The lowest BCUT2D eigenvalue weighted by molar-refractivity contribution is -0.132. The summed E-state index contributed by atoms with van der Waals surface area (Å²) in [7, 11) is 0. The minimum Gasteiger partial charge on any atom is -0.318 e. The van der Waals surface area contributed by atoms with Gasteiger partial charge < -0.3 is 4.90 Å². The number of nitrogens with zero attached hydrogens (tertiary/aromatic N) is 1. The summed E-state index contributed by atoms with van der Waals surface area (Å²) in [6, 6.07) is 4.49. The van der Waals surface area contributed by atoms with Gasteiger partial charge in [0.2, 0.25) is 5.91 Å². The normalized spacial score (nSPS) is 23.8. The summed E-state index contributed by atoms with van der Waals surface area (Å²) in [4.78, 5) is 16.0. The molecule has 1 aliphatic rings. The zero-order chi connectivity index (χ0) is 15.2. The first-order valence-corrected chi connectivity index (χ1v) is 9.18. The van der Waals surface area contributed by atoms with Crippen LogP contribution in [-0.2, 0) is 4.79 Å². The third-order valence-corrected chi connectivity index (χ3v) is 5.29. The highest BCUT2D eigenvalue weighted by Gasteiger charge is 2.41. The van der Waals surface area contributed by atoms with Crippen molar-refractivity contribution in [3.8, 4) is 0 Å². The van der Waals surface area contributed by atoms with Crippen LogP contribution in [0.15, 0.2) is 17.5 Å². The maximum absolute atomic E-state index is 12.6. The van der Waals surface area contributed by atoms with Crippen molar-refractivity contribution in [3.05, 3.63) is 22.4 Å². The predicted molar refractivity (Wildman–Crippen MR) is 89.3 cm³/mol. The van der Waals surface area contributed by atoms with Crippen LogP contribution in [0.1, 0.15) is 70.3 Å². The molecular weight excluding hydrogens is 280 g/mol. The monoisotopic (exact) mass is 308 g/mol. The molecule has 1 saturated heterocycles. The van der Waals surface area contributed by atoms with Gasteiger partial charge in [-0.2, -0.15) is 0 Å². The van der Waals surface area contributed by atoms with Crippen LogP contribution in [0.4, 0.5) is 0 Å². The molecule has 0 radical (unpaired) electrons. The molecule has 0 bridgehead atoms. The van der Waals surface area contributed by atoms with E-state index in [1.165, 1.54) is 30.6 Å². The van der Waals surface area contributed by atoms with E-state index < -0.39 is 0 Å². The van der Waals surface area contributed by atoms with E-state index in [0.717, 1.165) is 12.8 Å². The topological polar surface area (TPSA) is 32.3 Å². The highest BCUT2D eigenvalue weighted by Crippen LogP contribution is 2.32. The van der Waals surface area contributed by atoms with Crippen molar-refractivity contribution >= 4 is 17.2 Å². The summed E-state index contributed by atoms with van der Waals surface area (Å²) >= 11 is 1.73. The Morgan fingerprint density at radius 3 is 2.76 bits per heavy atom. The summed E-state index contributed by atoms with van der Waals surface area (Å²) in [6.45, 7) is 6.51. The van der Waals surface area contributed by atoms with Gasteiger partial charge in [-0.15, -0.1) is 11.3 Å². The number of hydrogen-bond donors (Lipinski definition) is 1. The molecule has 3 unspecified atom stereocenters. The molecule has 1 N–H and O–H groups in total. The Morgan fingerprint density at radius 2 is 2.14 bits per heavy atom. The molecule has 1 aromatic heterocycles. The van der Waals surface area contributed by atoms with Crippen LogP contribution < -0.4 is 5.32 Å². The average Bonchev–Trinajstić information content (AvgIpc) is 3.10. The van der Waals surface area contributed by atoms with Gasteiger partial charge in [-0.25, -0.2) is 0 Å². The number of hydrogen-bond acceptors (Lipinski definition) is 3. The Kier molecular flexibility index (Phi) is 6.24. The molecule has 3 atom stereocenters. The van der Waals surface area contributed by atoms with Gasteiger partial charge in [-0.1, -0.05) is 45.6 Å². The summed E-state index contributed by atoms with van der Waals surface area (Å²) in [6.07, 6.45) is 7.08. The smallest absolute Gasteiger partial charge is 0.241 e. The Balaban J connectivity index is 2.03. The van der Waals surface area contributed by atoms with Crippen molar-refractivity contribution < 1.29 is 4.79 Å². The van der Waals surface area contributed by atoms with Crippen LogP contribution in [0.5, 0.6) is 0 Å². The Bertz CT molecular complexity index is 432. The molecule has 0 aliphatic carbocycles. The zero-order valence-electron chi connectivity index (χ0n) is 13.5. The fourth-order valence-electron chi connectivity index (χ4n) is 3.09. The average molecular weight is 308 g/mol. The third-order valence-electron chi connectivity index (χ3n) is 4.36. The number of unbranched alkanes of at least 4 members (excludes halogenated alkanes) is 3. The fraction of sp³-hybridized carbons (Fsp3) is 0.706. The molecular formula is C17H28N2OS. The van der Waals surface area contributed by atoms with Gasteiger partial charge >= 0.3 is 0 Å². The van der Waals surface area contributed by atoms with Crippen LogP contribution in [0.2, 0.25) is 0 Å². The molecule has 1 fully saturated rings. The van der Waals surface area contributed by atoms with E-state index in [-0.39, 0.29) is 18.1 Å². The maximum atomic E-state index is 12.6. The lowest BCUT2D eigenvalue weighted by atomic mass is 10.1. The zero-order valence-corrected chi connectivity index (χ0v) is 14.3. The van der Waals surface area contributed by atoms with Crippen molar-refractivity contribution in [2.75, 3.05) is 0 Å². The van der Waals surface area contributed by atoms with Crippen molar-refractivity contribution in [3.63, 3.8) is 0 Å². The Hall–Kier alpha value is -0.870. The predicted octanol–water partition coefficient (Wildman–Crippen LogP) is 4.32. The van der Waals surface area contributed by atoms with Gasteiger partial charge in [0.05, 0.1) is 6.04 Å². The largest absolute Gasteiger partial charge is 0.318 e. The van der Waals surface area contributed by atoms with Crippen LogP contribution in [0.3, 0.4) is 0 Å². The second-order valence-electron chi connectivity index (χ2n) is 5.99. The van der Waals surface area contributed by atoms with Crippen LogP contribution >= 0.6 is 11.3 Å². The van der Waals surface area contributed by atoms with Gasteiger partial charge in [0.1, 0.15) is 6.17 Å². The quantitative estimate of drug-likeness (QED) is 0.726. The second-order valence-corrected chi connectivity index (χ2v) is 6.97. The number of rotatable bonds is 8. The highest BCUT2D eigenvalue weighted by atomic mass is 32.1. The van der Waals surface area contributed by atoms with Crippen LogP contribution in [0.25, 0.3) is 0 Å². The van der Waals surface area contributed by atoms with Gasteiger partial charge in [-0.3, -0.25) is 10.1 Å². The van der Waals surface area contributed by atoms with Crippen molar-refractivity contribution in [2.45, 2.75) is 77.5 Å². The molecule has 2 rings (SSSR count). The van der Waals surface area contributed by atoms with E-state index in [0.29, 0.717) is 6.04 Å². The SMILES string of the molecule is CCCCCCC(C)N1C(=O)C(CC)NC1c1cccs1. The summed E-state index contributed by atoms with van der Waals surface area (Å²) in [5.41, 5.74) is 0. The summed E-state index contributed by atoms with van der Waals surface area (Å²) < 4.78 is 0. The molecule has 21 heavy (non-hydrogen) atoms. The Morgan fingerprint density at radius 1 is 1.33 bits per heavy atom. The molecule has 118 valence electrons. The van der Waals surface area contributed by atoms with E-state index in [1.807, 2.05) is 0 Å². The number of carbonyl (C=O) groups excluding carboxylic acids is 1. The highest BCUT2D eigenvalue weighted by molar-refractivity contribution is 7.10. The first kappa shape index (κ1) is 16.5. The minimum atomic E-state index is -0.0183. The van der Waals surface area contributed by atoms with Crippen molar-refractivity contribution in [2.24, 2.45) is 0 Å². The number of carbonyl (C=O) groups is 1. The van der Waals surface area contributed by atoms with Crippen LogP contribution in [-0.4, -0.2) is 22.9 Å². The first-order chi connectivity index (χ1) is 10.2. The lowest BCUT2D eigenvalue weighted by Gasteiger charge is -2.30. The number of amides is 1. The van der Waals surface area contributed by atoms with Crippen molar-refractivity contribution in [1.82, 2.24) is 10.2 Å². The Labute approximate surface area is 132 Å². The standard InChI is InChI=1S/C17H28N2OS/c1-4-6-7-8-10-13(3)19-16(15-11-9-12-21-15)18-14(5-2)17(19)20/h9,11-14,16,18H,4-8,10H2,1-3H3. The first-order valence-electron chi connectivity index (χ1n) is 8.30. The molecule has 0 aromatic carbocycles. The van der Waals surface area contributed by atoms with Crippen LogP contribution in [0, 0.1) is 0 Å². The third kappa shape index (κ3) is 3.86. The lowest BCUT2D eigenvalue weighted by Crippen LogP contribution is -2.38. The van der Waals surface area contributed by atoms with Gasteiger partial charge in [-0.05, 0) is 31.2 Å². The molecule has 0 saturated carbocycles. The van der Waals surface area contributed by atoms with Crippen molar-refractivity contribution in [1.29, 1.82) is 0 Å². The second kappa shape index (κ2) is 7.95. The van der Waals surface area contributed by atoms with Gasteiger partial charge in [0.25, 0.3) is 0 Å². The van der Waals surface area contributed by atoms with E-state index in [1.54, 1.807) is 11.3 Å². The molecule has 0 spiro atoms. The van der Waals surface area contributed by atoms with E-state index in [4.69, 9.17) is 0 Å². The fourth-order valence-corrected chi connectivity index (χ4v) is 3.87. The summed E-state index contributed by atoms with van der Waals surface area (Å²) in [5, 5.41) is 5.60. The molecule has 4 heteroatoms. The van der Waals surface area contributed by atoms with Gasteiger partial charge in [0, 0.05) is 10.9 Å². The number of thiophene rings is 1. The minimum absolute atomic E-state index is 0.0183. The van der Waals surface area contributed by atoms with Gasteiger partial charge in [0.15, 0.2) is 0 Å². The molecule has 1 aromatic rings. The summed E-state index contributed by atoms with van der Waals surface area (Å²) in [5.74, 6) is 0.277. The number of nitrogens with one attached hydrogen (secondary N) is 1. The van der Waals surface area contributed by atoms with E-state index >= 15 is 0 Å². The molecule has 1 amide bonds.